The molecule has 4 rings (SSSR count). The van der Waals surface area contributed by atoms with Crippen molar-refractivity contribution in [3.63, 3.8) is 0 Å². The number of pyridine rings is 1. The number of hydrogen-bond donors (Lipinski definition) is 1. The Labute approximate surface area is 160 Å². The molecule has 6 nitrogen and oxygen atoms in total. The molecule has 0 radical (unpaired) electrons. The number of fused-ring (bicyclic) bond motifs is 2. The Balaban J connectivity index is 1.80. The first-order valence-corrected chi connectivity index (χ1v) is 9.42. The molecular weight excluding hydrogens is 360 g/mol. The van der Waals surface area contributed by atoms with Gasteiger partial charge in [0.25, 0.3) is 0 Å². The fraction of sp³-hybridized carbons (Fsp3) is 0.200. The van der Waals surface area contributed by atoms with Crippen molar-refractivity contribution < 1.29 is 9.53 Å². The van der Waals surface area contributed by atoms with Crippen LogP contribution < -0.4 is 5.32 Å². The van der Waals surface area contributed by atoms with Crippen molar-refractivity contribution in [3.05, 3.63) is 53.3 Å². The number of benzene rings is 1. The molecule has 0 unspecified atom stereocenters. The number of nitrogens with one attached hydrogen (secondary N) is 1. The van der Waals surface area contributed by atoms with Crippen molar-refractivity contribution in [3.8, 4) is 0 Å². The number of aryl methyl sites for hydroxylation is 1. The highest BCUT2D eigenvalue weighted by molar-refractivity contribution is 7.20. The lowest BCUT2D eigenvalue weighted by atomic mass is 10.1. The van der Waals surface area contributed by atoms with Gasteiger partial charge in [0.1, 0.15) is 21.9 Å². The Morgan fingerprint density at radius 1 is 1.15 bits per heavy atom. The van der Waals surface area contributed by atoms with E-state index >= 15 is 0 Å². The summed E-state index contributed by atoms with van der Waals surface area (Å²) < 4.78 is 5.36. The standard InChI is InChI=1S/C20H18N4O2S/c1-11(2)26-20(25)17-12(3)15-18(22-10-23-19(15)27-17)24-14-8-4-6-13-7-5-9-21-16(13)14/h4-11H,1-3H3,(H,22,23,24). The second-order valence-corrected chi connectivity index (χ2v) is 7.42. The molecule has 0 spiro atoms. The lowest BCUT2D eigenvalue weighted by Crippen LogP contribution is -2.11. The van der Waals surface area contributed by atoms with E-state index in [4.69, 9.17) is 4.74 Å². The smallest absolute Gasteiger partial charge is 0.348 e. The molecular formula is C20H18N4O2S. The minimum Gasteiger partial charge on any atom is -0.459 e. The van der Waals surface area contributed by atoms with E-state index in [0.29, 0.717) is 10.7 Å². The molecule has 0 aliphatic rings. The van der Waals surface area contributed by atoms with Crippen LogP contribution in [0.3, 0.4) is 0 Å². The van der Waals surface area contributed by atoms with Gasteiger partial charge in [-0.15, -0.1) is 11.3 Å². The van der Waals surface area contributed by atoms with Crippen molar-refractivity contribution in [1.82, 2.24) is 15.0 Å². The number of rotatable bonds is 4. The second-order valence-electron chi connectivity index (χ2n) is 6.42. The number of hydrogen-bond acceptors (Lipinski definition) is 7. The molecule has 27 heavy (non-hydrogen) atoms. The predicted octanol–water partition coefficient (Wildman–Crippen LogP) is 4.86. The van der Waals surface area contributed by atoms with E-state index in [1.807, 2.05) is 51.1 Å². The summed E-state index contributed by atoms with van der Waals surface area (Å²) in [4.78, 5) is 26.9. The monoisotopic (exact) mass is 378 g/mol. The molecule has 3 heterocycles. The van der Waals surface area contributed by atoms with Gasteiger partial charge >= 0.3 is 5.97 Å². The molecule has 136 valence electrons. The number of aromatic nitrogens is 3. The molecule has 1 aromatic carbocycles. The van der Waals surface area contributed by atoms with E-state index in [9.17, 15) is 4.79 Å². The zero-order valence-electron chi connectivity index (χ0n) is 15.2. The molecule has 0 bridgehead atoms. The average molecular weight is 378 g/mol. The van der Waals surface area contributed by atoms with Gasteiger partial charge in [-0.05, 0) is 38.5 Å². The van der Waals surface area contributed by atoms with E-state index < -0.39 is 0 Å². The largest absolute Gasteiger partial charge is 0.459 e. The number of carbonyl (C=O) groups is 1. The maximum absolute atomic E-state index is 12.4. The Morgan fingerprint density at radius 3 is 2.78 bits per heavy atom. The van der Waals surface area contributed by atoms with Gasteiger partial charge in [0.2, 0.25) is 0 Å². The summed E-state index contributed by atoms with van der Waals surface area (Å²) >= 11 is 1.32. The summed E-state index contributed by atoms with van der Waals surface area (Å²) in [7, 11) is 0. The molecule has 7 heteroatoms. The number of ether oxygens (including phenoxy) is 1. The molecule has 4 aromatic rings. The van der Waals surface area contributed by atoms with Gasteiger partial charge in [-0.1, -0.05) is 18.2 Å². The molecule has 0 aliphatic heterocycles. The third-order valence-electron chi connectivity index (χ3n) is 4.14. The minimum atomic E-state index is -0.330. The molecule has 0 saturated heterocycles. The number of thiophene rings is 1. The Kier molecular flexibility index (Phi) is 4.45. The summed E-state index contributed by atoms with van der Waals surface area (Å²) in [5.74, 6) is 0.318. The first-order chi connectivity index (χ1) is 13.0. The van der Waals surface area contributed by atoms with Crippen molar-refractivity contribution >= 4 is 49.9 Å². The van der Waals surface area contributed by atoms with E-state index in [1.165, 1.54) is 17.7 Å². The number of carbonyl (C=O) groups excluding carboxylic acids is 1. The van der Waals surface area contributed by atoms with Crippen molar-refractivity contribution in [2.24, 2.45) is 0 Å². The van der Waals surface area contributed by atoms with Gasteiger partial charge in [0, 0.05) is 11.6 Å². The molecule has 0 fully saturated rings. The van der Waals surface area contributed by atoms with Crippen molar-refractivity contribution in [2.45, 2.75) is 26.9 Å². The number of para-hydroxylation sites is 1. The summed E-state index contributed by atoms with van der Waals surface area (Å²) in [5, 5.41) is 5.23. The topological polar surface area (TPSA) is 77.0 Å². The highest BCUT2D eigenvalue weighted by Crippen LogP contribution is 2.35. The fourth-order valence-electron chi connectivity index (χ4n) is 2.96. The van der Waals surface area contributed by atoms with Crippen LogP contribution >= 0.6 is 11.3 Å². The Hall–Kier alpha value is -3.06. The van der Waals surface area contributed by atoms with Crippen molar-refractivity contribution in [2.75, 3.05) is 5.32 Å². The van der Waals surface area contributed by atoms with Crippen LogP contribution in [0, 0.1) is 6.92 Å². The van der Waals surface area contributed by atoms with Gasteiger partial charge in [0.05, 0.1) is 22.7 Å². The van der Waals surface area contributed by atoms with E-state index in [0.717, 1.165) is 32.4 Å². The molecule has 0 aliphatic carbocycles. The van der Waals surface area contributed by atoms with Crippen LogP contribution in [-0.2, 0) is 4.74 Å². The van der Waals surface area contributed by atoms with Gasteiger partial charge in [-0.25, -0.2) is 14.8 Å². The highest BCUT2D eigenvalue weighted by atomic mass is 32.1. The van der Waals surface area contributed by atoms with E-state index in [-0.39, 0.29) is 12.1 Å². The molecule has 0 atom stereocenters. The third kappa shape index (κ3) is 3.21. The van der Waals surface area contributed by atoms with Crippen LogP contribution in [0.4, 0.5) is 11.5 Å². The van der Waals surface area contributed by atoms with Gasteiger partial charge in [-0.3, -0.25) is 4.98 Å². The predicted molar refractivity (Wildman–Crippen MR) is 108 cm³/mol. The van der Waals surface area contributed by atoms with Crippen LogP contribution in [0.15, 0.2) is 42.9 Å². The Bertz CT molecular complexity index is 1150. The Morgan fingerprint density at radius 2 is 1.96 bits per heavy atom. The summed E-state index contributed by atoms with van der Waals surface area (Å²) in [5.41, 5.74) is 2.53. The molecule has 1 N–H and O–H groups in total. The van der Waals surface area contributed by atoms with Crippen molar-refractivity contribution in [1.29, 1.82) is 0 Å². The SMILES string of the molecule is Cc1c(C(=O)OC(C)C)sc2ncnc(Nc3cccc4cccnc34)c12. The first kappa shape index (κ1) is 17.4. The lowest BCUT2D eigenvalue weighted by Gasteiger charge is -2.10. The molecule has 0 saturated carbocycles. The van der Waals surface area contributed by atoms with E-state index in [2.05, 4.69) is 20.3 Å². The summed E-state index contributed by atoms with van der Waals surface area (Å²) in [6.45, 7) is 5.56. The van der Waals surface area contributed by atoms with Crippen LogP contribution in [-0.4, -0.2) is 27.0 Å². The lowest BCUT2D eigenvalue weighted by molar-refractivity contribution is 0.0383. The average Bonchev–Trinajstić information content (AvgIpc) is 2.99. The number of esters is 1. The normalized spacial score (nSPS) is 11.3. The quantitative estimate of drug-likeness (QED) is 0.511. The zero-order valence-corrected chi connectivity index (χ0v) is 16.0. The van der Waals surface area contributed by atoms with Gasteiger partial charge in [-0.2, -0.15) is 0 Å². The molecule has 0 amide bonds. The zero-order chi connectivity index (χ0) is 19.0. The minimum absolute atomic E-state index is 0.174. The summed E-state index contributed by atoms with van der Waals surface area (Å²) in [6.07, 6.45) is 3.09. The maximum atomic E-state index is 12.4. The molecule has 3 aromatic heterocycles. The van der Waals surface area contributed by atoms with Crippen LogP contribution in [0.2, 0.25) is 0 Å². The first-order valence-electron chi connectivity index (χ1n) is 8.60. The second kappa shape index (κ2) is 6.92. The number of nitrogens with zero attached hydrogens (tertiary/aromatic N) is 3. The van der Waals surface area contributed by atoms with Crippen LogP contribution in [0.5, 0.6) is 0 Å². The van der Waals surface area contributed by atoms with Crippen LogP contribution in [0.1, 0.15) is 29.1 Å². The fourth-order valence-corrected chi connectivity index (χ4v) is 3.99. The summed E-state index contributed by atoms with van der Waals surface area (Å²) in [6, 6.07) is 9.86. The maximum Gasteiger partial charge on any atom is 0.348 e. The third-order valence-corrected chi connectivity index (χ3v) is 5.32. The van der Waals surface area contributed by atoms with Gasteiger partial charge in [0.15, 0.2) is 0 Å². The van der Waals surface area contributed by atoms with Gasteiger partial charge < -0.3 is 10.1 Å². The van der Waals surface area contributed by atoms with E-state index in [1.54, 1.807) is 6.20 Å². The number of anilines is 2. The van der Waals surface area contributed by atoms with Crippen LogP contribution in [0.25, 0.3) is 21.1 Å². The highest BCUT2D eigenvalue weighted by Gasteiger charge is 2.21.